The lowest BCUT2D eigenvalue weighted by molar-refractivity contribution is 0.467. The number of hydrogen-bond acceptors (Lipinski definition) is 3. The Morgan fingerprint density at radius 2 is 1.84 bits per heavy atom. The molecule has 0 unspecified atom stereocenters. The van der Waals surface area contributed by atoms with Gasteiger partial charge in [-0.1, -0.05) is 28.1 Å². The zero-order valence-corrected chi connectivity index (χ0v) is 13.6. The van der Waals surface area contributed by atoms with Gasteiger partial charge in [-0.2, -0.15) is 15.6 Å². The summed E-state index contributed by atoms with van der Waals surface area (Å²) in [6, 6.07) is 8.87. The molecule has 0 aliphatic carbocycles. The summed E-state index contributed by atoms with van der Waals surface area (Å²) < 4.78 is 26.1. The Kier molecular flexibility index (Phi) is 4.78. The molecule has 0 N–H and O–H groups in total. The van der Waals surface area contributed by atoms with Gasteiger partial charge in [-0.25, -0.2) is 8.42 Å². The Balaban J connectivity index is 2.20. The van der Waals surface area contributed by atoms with Gasteiger partial charge >= 0.3 is 0 Å². The average Bonchev–Trinajstić information content (AvgIpc) is 2.91. The molecule has 102 valence electrons. The number of thiophene rings is 1. The number of hydrogen-bond donors (Lipinski definition) is 0. The van der Waals surface area contributed by atoms with Crippen molar-refractivity contribution < 1.29 is 8.42 Å². The first-order valence-electron chi connectivity index (χ1n) is 5.66. The first-order valence-corrected chi connectivity index (χ1v) is 9.17. The summed E-state index contributed by atoms with van der Waals surface area (Å²) in [6.07, 6.45) is 0. The molecule has 1 aromatic heterocycles. The van der Waals surface area contributed by atoms with Crippen molar-refractivity contribution in [3.05, 3.63) is 52.2 Å². The summed E-state index contributed by atoms with van der Waals surface area (Å²) in [5.41, 5.74) is 2.06. The largest absolute Gasteiger partial charge is 0.243 e. The van der Waals surface area contributed by atoms with E-state index in [9.17, 15) is 8.42 Å². The summed E-state index contributed by atoms with van der Waals surface area (Å²) >= 11 is 4.91. The highest BCUT2D eigenvalue weighted by molar-refractivity contribution is 9.08. The van der Waals surface area contributed by atoms with E-state index in [0.717, 1.165) is 16.5 Å². The Morgan fingerprint density at radius 1 is 1.16 bits per heavy atom. The van der Waals surface area contributed by atoms with Crippen molar-refractivity contribution in [2.24, 2.45) is 0 Å². The molecule has 19 heavy (non-hydrogen) atoms. The van der Waals surface area contributed by atoms with E-state index in [1.807, 2.05) is 29.0 Å². The van der Waals surface area contributed by atoms with Gasteiger partial charge in [0.25, 0.3) is 0 Å². The maximum absolute atomic E-state index is 12.4. The monoisotopic (exact) mass is 359 g/mol. The normalized spacial score (nSPS) is 11.9. The van der Waals surface area contributed by atoms with Crippen LogP contribution in [0.25, 0.3) is 0 Å². The van der Waals surface area contributed by atoms with Crippen LogP contribution in [0.5, 0.6) is 0 Å². The fourth-order valence-electron chi connectivity index (χ4n) is 1.66. The lowest BCUT2D eigenvalue weighted by atomic mass is 10.2. The van der Waals surface area contributed by atoms with Crippen molar-refractivity contribution in [1.82, 2.24) is 4.31 Å². The van der Waals surface area contributed by atoms with E-state index < -0.39 is 10.0 Å². The second-order valence-electron chi connectivity index (χ2n) is 4.17. The fourth-order valence-corrected chi connectivity index (χ4v) is 3.85. The topological polar surface area (TPSA) is 37.4 Å². The summed E-state index contributed by atoms with van der Waals surface area (Å²) in [4.78, 5) is 0.329. The van der Waals surface area contributed by atoms with Crippen LogP contribution in [0, 0.1) is 0 Å². The van der Waals surface area contributed by atoms with E-state index in [2.05, 4.69) is 15.9 Å². The van der Waals surface area contributed by atoms with Crippen molar-refractivity contribution in [2.75, 3.05) is 7.05 Å². The summed E-state index contributed by atoms with van der Waals surface area (Å²) in [5.74, 6) is 0. The zero-order valence-electron chi connectivity index (χ0n) is 10.4. The highest BCUT2D eigenvalue weighted by Crippen LogP contribution is 2.19. The lowest BCUT2D eigenvalue weighted by Crippen LogP contribution is -2.26. The minimum atomic E-state index is -3.42. The third-order valence-corrected chi connectivity index (χ3v) is 5.97. The predicted octanol–water partition coefficient (Wildman–Crippen LogP) is 3.46. The molecule has 0 saturated heterocycles. The van der Waals surface area contributed by atoms with Gasteiger partial charge < -0.3 is 0 Å². The third kappa shape index (κ3) is 3.45. The van der Waals surface area contributed by atoms with Crippen LogP contribution < -0.4 is 0 Å². The maximum atomic E-state index is 12.4. The van der Waals surface area contributed by atoms with Gasteiger partial charge in [0.1, 0.15) is 0 Å². The highest BCUT2D eigenvalue weighted by atomic mass is 79.9. The van der Waals surface area contributed by atoms with Gasteiger partial charge in [-0.05, 0) is 40.1 Å². The van der Waals surface area contributed by atoms with Gasteiger partial charge in [-0.15, -0.1) is 0 Å². The molecular weight excluding hydrogens is 346 g/mol. The van der Waals surface area contributed by atoms with E-state index in [1.165, 1.54) is 4.31 Å². The fraction of sp³-hybridized carbons (Fsp3) is 0.231. The number of rotatable bonds is 5. The van der Waals surface area contributed by atoms with E-state index in [4.69, 9.17) is 0 Å². The SMILES string of the molecule is CN(Cc1ccsc1)S(=O)(=O)c1ccc(CBr)cc1. The van der Waals surface area contributed by atoms with E-state index in [0.29, 0.717) is 11.4 Å². The Bertz CT molecular complexity index is 621. The molecule has 3 nitrogen and oxygen atoms in total. The summed E-state index contributed by atoms with van der Waals surface area (Å²) in [5, 5.41) is 4.62. The zero-order chi connectivity index (χ0) is 13.9. The van der Waals surface area contributed by atoms with Gasteiger partial charge in [0.15, 0.2) is 0 Å². The number of benzene rings is 1. The standard InChI is InChI=1S/C13H14BrNO2S2/c1-15(9-12-6-7-18-10-12)19(16,17)13-4-2-11(8-14)3-5-13/h2-7,10H,8-9H2,1H3. The van der Waals surface area contributed by atoms with Crippen molar-refractivity contribution >= 4 is 37.3 Å². The summed E-state index contributed by atoms with van der Waals surface area (Å²) in [7, 11) is -1.81. The summed E-state index contributed by atoms with van der Waals surface area (Å²) in [6.45, 7) is 0.395. The number of halogens is 1. The van der Waals surface area contributed by atoms with Crippen molar-refractivity contribution in [2.45, 2.75) is 16.8 Å². The molecule has 2 rings (SSSR count). The predicted molar refractivity (Wildman–Crippen MR) is 82.0 cm³/mol. The van der Waals surface area contributed by atoms with Gasteiger partial charge in [-0.3, -0.25) is 0 Å². The number of alkyl halides is 1. The van der Waals surface area contributed by atoms with Crippen LogP contribution in [-0.4, -0.2) is 19.8 Å². The number of nitrogens with zero attached hydrogens (tertiary/aromatic N) is 1. The second kappa shape index (κ2) is 6.17. The van der Waals surface area contributed by atoms with Gasteiger partial charge in [0, 0.05) is 18.9 Å². The molecular formula is C13H14BrNO2S2. The van der Waals surface area contributed by atoms with Crippen molar-refractivity contribution in [3.8, 4) is 0 Å². The molecule has 1 aromatic carbocycles. The first kappa shape index (κ1) is 14.7. The Labute approximate surface area is 126 Å². The molecule has 6 heteroatoms. The highest BCUT2D eigenvalue weighted by Gasteiger charge is 2.20. The van der Waals surface area contributed by atoms with E-state index >= 15 is 0 Å². The first-order chi connectivity index (χ1) is 9.04. The molecule has 0 fully saturated rings. The number of sulfonamides is 1. The van der Waals surface area contributed by atoms with Crippen LogP contribution in [0.3, 0.4) is 0 Å². The van der Waals surface area contributed by atoms with Gasteiger partial charge in [0.05, 0.1) is 4.90 Å². The van der Waals surface area contributed by atoms with Crippen molar-refractivity contribution in [1.29, 1.82) is 0 Å². The molecule has 0 atom stereocenters. The van der Waals surface area contributed by atoms with E-state index in [-0.39, 0.29) is 0 Å². The second-order valence-corrected chi connectivity index (χ2v) is 7.56. The quantitative estimate of drug-likeness (QED) is 0.766. The molecule has 1 heterocycles. The molecule has 0 aliphatic rings. The molecule has 0 saturated carbocycles. The molecule has 0 aliphatic heterocycles. The van der Waals surface area contributed by atoms with Crippen LogP contribution in [0.15, 0.2) is 46.0 Å². The van der Waals surface area contributed by atoms with Crippen molar-refractivity contribution in [3.63, 3.8) is 0 Å². The average molecular weight is 360 g/mol. The Morgan fingerprint density at radius 3 is 2.37 bits per heavy atom. The third-order valence-electron chi connectivity index (χ3n) is 2.77. The lowest BCUT2D eigenvalue weighted by Gasteiger charge is -2.16. The molecule has 0 radical (unpaired) electrons. The Hall–Kier alpha value is -0.690. The van der Waals surface area contributed by atoms with Crippen LogP contribution in [-0.2, 0) is 21.9 Å². The van der Waals surface area contributed by atoms with Crippen LogP contribution in [0.1, 0.15) is 11.1 Å². The molecule has 0 amide bonds. The maximum Gasteiger partial charge on any atom is 0.243 e. The molecule has 2 aromatic rings. The molecule has 0 bridgehead atoms. The smallest absolute Gasteiger partial charge is 0.207 e. The van der Waals surface area contributed by atoms with Crippen LogP contribution in [0.4, 0.5) is 0 Å². The van der Waals surface area contributed by atoms with E-state index in [1.54, 1.807) is 30.5 Å². The van der Waals surface area contributed by atoms with Crippen LogP contribution in [0.2, 0.25) is 0 Å². The van der Waals surface area contributed by atoms with Gasteiger partial charge in [0.2, 0.25) is 10.0 Å². The minimum Gasteiger partial charge on any atom is -0.207 e. The van der Waals surface area contributed by atoms with Crippen LogP contribution >= 0.6 is 27.3 Å². The molecule has 0 spiro atoms. The minimum absolute atomic E-state index is 0.329.